The molecule has 0 aliphatic rings. The molecule has 0 fully saturated rings. The van der Waals surface area contributed by atoms with E-state index in [1.807, 2.05) is 18.3 Å². The molecular formula is C14H11BrClN3. The van der Waals surface area contributed by atoms with Crippen molar-refractivity contribution in [2.75, 3.05) is 5.73 Å². The highest BCUT2D eigenvalue weighted by molar-refractivity contribution is 9.10. The lowest BCUT2D eigenvalue weighted by Crippen LogP contribution is -1.95. The van der Waals surface area contributed by atoms with Gasteiger partial charge in [0.2, 0.25) is 0 Å². The summed E-state index contributed by atoms with van der Waals surface area (Å²) in [7, 11) is 0. The molecule has 0 aliphatic heterocycles. The summed E-state index contributed by atoms with van der Waals surface area (Å²) in [6.45, 7) is 0. The SMILES string of the molecule is Nc1cc(Cl)ccc1Cc1c[nH]c2ncc(Br)cc12. The third kappa shape index (κ3) is 2.46. The van der Waals surface area contributed by atoms with Crippen molar-refractivity contribution in [1.29, 1.82) is 0 Å². The van der Waals surface area contributed by atoms with Gasteiger partial charge in [-0.05, 0) is 45.3 Å². The van der Waals surface area contributed by atoms with E-state index < -0.39 is 0 Å². The van der Waals surface area contributed by atoms with Gasteiger partial charge in [-0.1, -0.05) is 17.7 Å². The number of benzene rings is 1. The lowest BCUT2D eigenvalue weighted by molar-refractivity contribution is 1.21. The Morgan fingerprint density at radius 1 is 1.26 bits per heavy atom. The highest BCUT2D eigenvalue weighted by atomic mass is 79.9. The molecule has 96 valence electrons. The minimum atomic E-state index is 0.657. The number of nitrogen functional groups attached to an aromatic ring is 1. The van der Waals surface area contributed by atoms with Gasteiger partial charge in [0, 0.05) is 39.4 Å². The van der Waals surface area contributed by atoms with Crippen LogP contribution in [0.25, 0.3) is 11.0 Å². The maximum atomic E-state index is 5.99. The Morgan fingerprint density at radius 3 is 2.89 bits per heavy atom. The van der Waals surface area contributed by atoms with Crippen molar-refractivity contribution in [3.05, 3.63) is 57.3 Å². The number of nitrogens with two attached hydrogens (primary N) is 1. The summed E-state index contributed by atoms with van der Waals surface area (Å²) in [5, 5.41) is 1.76. The lowest BCUT2D eigenvalue weighted by Gasteiger charge is -2.05. The predicted octanol–water partition coefficient (Wildman–Crippen LogP) is 4.15. The highest BCUT2D eigenvalue weighted by Crippen LogP contribution is 2.26. The molecule has 3 aromatic rings. The fourth-order valence-corrected chi connectivity index (χ4v) is 2.62. The molecule has 3 nitrogen and oxygen atoms in total. The van der Waals surface area contributed by atoms with Crippen LogP contribution in [-0.4, -0.2) is 9.97 Å². The fourth-order valence-electron chi connectivity index (χ4n) is 2.11. The summed E-state index contributed by atoms with van der Waals surface area (Å²) in [6.07, 6.45) is 4.50. The van der Waals surface area contributed by atoms with E-state index in [2.05, 4.69) is 32.0 Å². The lowest BCUT2D eigenvalue weighted by atomic mass is 10.0. The molecule has 0 saturated carbocycles. The Kier molecular flexibility index (Phi) is 3.21. The average molecular weight is 337 g/mol. The number of halogens is 2. The van der Waals surface area contributed by atoms with Crippen molar-refractivity contribution in [3.63, 3.8) is 0 Å². The number of H-pyrrole nitrogens is 1. The summed E-state index contributed by atoms with van der Waals surface area (Å²) >= 11 is 9.35. The first kappa shape index (κ1) is 12.5. The summed E-state index contributed by atoms with van der Waals surface area (Å²) < 4.78 is 0.963. The molecular weight excluding hydrogens is 326 g/mol. The minimum absolute atomic E-state index is 0.657. The largest absolute Gasteiger partial charge is 0.398 e. The Labute approximate surface area is 123 Å². The van der Waals surface area contributed by atoms with Crippen LogP contribution in [0.15, 0.2) is 41.1 Å². The third-order valence-corrected chi connectivity index (χ3v) is 3.74. The monoisotopic (exact) mass is 335 g/mol. The number of aromatic nitrogens is 2. The van der Waals surface area contributed by atoms with Crippen LogP contribution in [0.3, 0.4) is 0 Å². The van der Waals surface area contributed by atoms with Gasteiger partial charge >= 0.3 is 0 Å². The fraction of sp³-hybridized carbons (Fsp3) is 0.0714. The molecule has 2 aromatic heterocycles. The van der Waals surface area contributed by atoms with Crippen molar-refractivity contribution in [1.82, 2.24) is 9.97 Å². The van der Waals surface area contributed by atoms with Gasteiger partial charge in [0.15, 0.2) is 0 Å². The quantitative estimate of drug-likeness (QED) is 0.691. The van der Waals surface area contributed by atoms with Gasteiger partial charge < -0.3 is 10.7 Å². The number of hydrogen-bond acceptors (Lipinski definition) is 2. The predicted molar refractivity (Wildman–Crippen MR) is 82.5 cm³/mol. The summed E-state index contributed by atoms with van der Waals surface area (Å²) in [4.78, 5) is 7.49. The Bertz CT molecular complexity index is 752. The van der Waals surface area contributed by atoms with Crippen LogP contribution in [0.2, 0.25) is 5.02 Å². The van der Waals surface area contributed by atoms with E-state index in [1.54, 1.807) is 12.3 Å². The topological polar surface area (TPSA) is 54.7 Å². The number of aromatic amines is 1. The number of hydrogen-bond donors (Lipinski definition) is 2. The first-order valence-corrected chi connectivity index (χ1v) is 6.96. The van der Waals surface area contributed by atoms with Crippen molar-refractivity contribution in [2.45, 2.75) is 6.42 Å². The van der Waals surface area contributed by atoms with Crippen LogP contribution < -0.4 is 5.73 Å². The second-order valence-corrected chi connectivity index (χ2v) is 5.74. The smallest absolute Gasteiger partial charge is 0.137 e. The molecule has 3 rings (SSSR count). The van der Waals surface area contributed by atoms with E-state index in [4.69, 9.17) is 17.3 Å². The number of nitrogens with zero attached hydrogens (tertiary/aromatic N) is 1. The van der Waals surface area contributed by atoms with E-state index in [1.165, 1.54) is 0 Å². The zero-order valence-electron chi connectivity index (χ0n) is 9.95. The zero-order valence-corrected chi connectivity index (χ0v) is 12.3. The van der Waals surface area contributed by atoms with Crippen LogP contribution >= 0.6 is 27.5 Å². The van der Waals surface area contributed by atoms with Gasteiger partial charge in [-0.3, -0.25) is 0 Å². The Balaban J connectivity index is 2.03. The van der Waals surface area contributed by atoms with Crippen LogP contribution in [-0.2, 0) is 6.42 Å². The first-order chi connectivity index (χ1) is 9.13. The van der Waals surface area contributed by atoms with Gasteiger partial charge in [-0.2, -0.15) is 0 Å². The molecule has 0 unspecified atom stereocenters. The highest BCUT2D eigenvalue weighted by Gasteiger charge is 2.08. The van der Waals surface area contributed by atoms with E-state index >= 15 is 0 Å². The van der Waals surface area contributed by atoms with E-state index in [-0.39, 0.29) is 0 Å². The molecule has 0 saturated heterocycles. The van der Waals surface area contributed by atoms with Crippen LogP contribution in [0, 0.1) is 0 Å². The Hall–Kier alpha value is -1.52. The van der Waals surface area contributed by atoms with Crippen LogP contribution in [0.4, 0.5) is 5.69 Å². The first-order valence-electron chi connectivity index (χ1n) is 5.79. The molecule has 0 bridgehead atoms. The van der Waals surface area contributed by atoms with Gasteiger partial charge in [0.1, 0.15) is 5.65 Å². The number of pyridine rings is 1. The molecule has 0 radical (unpaired) electrons. The van der Waals surface area contributed by atoms with E-state index in [0.717, 1.165) is 33.1 Å². The second kappa shape index (κ2) is 4.87. The zero-order chi connectivity index (χ0) is 13.4. The molecule has 0 amide bonds. The van der Waals surface area contributed by atoms with Crippen molar-refractivity contribution in [2.24, 2.45) is 0 Å². The second-order valence-electron chi connectivity index (χ2n) is 4.38. The molecule has 5 heteroatoms. The number of anilines is 1. The van der Waals surface area contributed by atoms with Crippen molar-refractivity contribution < 1.29 is 0 Å². The maximum Gasteiger partial charge on any atom is 0.137 e. The molecule has 19 heavy (non-hydrogen) atoms. The normalized spacial score (nSPS) is 11.1. The minimum Gasteiger partial charge on any atom is -0.398 e. The molecule has 2 heterocycles. The summed E-state index contributed by atoms with van der Waals surface area (Å²) in [5.41, 5.74) is 9.81. The molecule has 0 spiro atoms. The summed E-state index contributed by atoms with van der Waals surface area (Å²) in [5.74, 6) is 0. The molecule has 3 N–H and O–H groups in total. The van der Waals surface area contributed by atoms with Gasteiger partial charge in [-0.25, -0.2) is 4.98 Å². The van der Waals surface area contributed by atoms with E-state index in [0.29, 0.717) is 10.7 Å². The number of fused-ring (bicyclic) bond motifs is 1. The summed E-state index contributed by atoms with van der Waals surface area (Å²) in [6, 6.07) is 7.65. The number of nitrogens with one attached hydrogen (secondary N) is 1. The Morgan fingerprint density at radius 2 is 2.11 bits per heavy atom. The standard InChI is InChI=1S/C14H11BrClN3/c15-10-4-12-9(6-18-14(12)19-7-10)3-8-1-2-11(16)5-13(8)17/h1-2,4-7H,3,17H2,(H,18,19). The molecule has 1 aromatic carbocycles. The molecule has 0 aliphatic carbocycles. The van der Waals surface area contributed by atoms with Crippen LogP contribution in [0.5, 0.6) is 0 Å². The van der Waals surface area contributed by atoms with Gasteiger partial charge in [0.25, 0.3) is 0 Å². The van der Waals surface area contributed by atoms with Gasteiger partial charge in [0.05, 0.1) is 0 Å². The number of rotatable bonds is 2. The maximum absolute atomic E-state index is 5.99. The average Bonchev–Trinajstić information content (AvgIpc) is 2.75. The molecule has 0 atom stereocenters. The van der Waals surface area contributed by atoms with Crippen molar-refractivity contribution in [3.8, 4) is 0 Å². The van der Waals surface area contributed by atoms with Gasteiger partial charge in [-0.15, -0.1) is 0 Å². The van der Waals surface area contributed by atoms with Crippen molar-refractivity contribution >= 4 is 44.3 Å². The van der Waals surface area contributed by atoms with E-state index in [9.17, 15) is 0 Å². The third-order valence-electron chi connectivity index (χ3n) is 3.07. The van der Waals surface area contributed by atoms with Crippen LogP contribution in [0.1, 0.15) is 11.1 Å².